The molecule has 0 aliphatic rings. The molecule has 0 spiro atoms. The van der Waals surface area contributed by atoms with Crippen molar-refractivity contribution >= 4 is 22.6 Å². The van der Waals surface area contributed by atoms with E-state index in [1.165, 1.54) is 0 Å². The SMILES string of the molecule is Clc1cccc2[c]noc12. The molecule has 3 heteroatoms. The highest BCUT2D eigenvalue weighted by Gasteiger charge is 2.00. The molecule has 0 fully saturated rings. The van der Waals surface area contributed by atoms with Crippen LogP contribution in [0.15, 0.2) is 22.7 Å². The first-order valence-corrected chi connectivity index (χ1v) is 3.17. The van der Waals surface area contributed by atoms with Crippen molar-refractivity contribution in [2.75, 3.05) is 0 Å². The van der Waals surface area contributed by atoms with Gasteiger partial charge in [0.05, 0.1) is 10.4 Å². The van der Waals surface area contributed by atoms with Gasteiger partial charge in [-0.15, -0.1) is 0 Å². The third kappa shape index (κ3) is 0.693. The van der Waals surface area contributed by atoms with Gasteiger partial charge in [0.15, 0.2) is 5.58 Å². The molecule has 0 aliphatic heterocycles. The van der Waals surface area contributed by atoms with Gasteiger partial charge in [0.1, 0.15) is 6.20 Å². The number of fused-ring (bicyclic) bond motifs is 1. The fourth-order valence-corrected chi connectivity index (χ4v) is 1.02. The molecule has 1 heterocycles. The minimum atomic E-state index is 0.575. The van der Waals surface area contributed by atoms with Crippen molar-refractivity contribution in [3.8, 4) is 0 Å². The molecule has 0 saturated carbocycles. The van der Waals surface area contributed by atoms with E-state index in [1.807, 2.05) is 12.1 Å². The number of nitrogens with zero attached hydrogens (tertiary/aromatic N) is 1. The minimum absolute atomic E-state index is 0.575. The Balaban J connectivity index is 2.95. The summed E-state index contributed by atoms with van der Waals surface area (Å²) in [6.07, 6.45) is 2.66. The standard InChI is InChI=1S/C7H3ClNO/c8-6-3-1-2-5-4-9-10-7(5)6/h1-3H. The molecule has 0 aliphatic carbocycles. The normalized spacial score (nSPS) is 10.5. The highest BCUT2D eigenvalue weighted by molar-refractivity contribution is 6.34. The molecule has 0 unspecified atom stereocenters. The number of halogens is 1. The summed E-state index contributed by atoms with van der Waals surface area (Å²) in [6, 6.07) is 5.43. The lowest BCUT2D eigenvalue weighted by Gasteiger charge is -1.86. The van der Waals surface area contributed by atoms with Gasteiger partial charge in [-0.1, -0.05) is 22.8 Å². The van der Waals surface area contributed by atoms with Crippen LogP contribution < -0.4 is 0 Å². The van der Waals surface area contributed by atoms with Crippen molar-refractivity contribution in [1.29, 1.82) is 0 Å². The molecule has 1 aromatic heterocycles. The highest BCUT2D eigenvalue weighted by Crippen LogP contribution is 2.21. The van der Waals surface area contributed by atoms with E-state index in [0.29, 0.717) is 10.6 Å². The Morgan fingerprint density at radius 1 is 1.50 bits per heavy atom. The van der Waals surface area contributed by atoms with Crippen molar-refractivity contribution in [3.63, 3.8) is 0 Å². The number of hydrogen-bond donors (Lipinski definition) is 0. The molecule has 0 atom stereocenters. The van der Waals surface area contributed by atoms with Gasteiger partial charge in [0.25, 0.3) is 0 Å². The van der Waals surface area contributed by atoms with E-state index in [4.69, 9.17) is 16.1 Å². The molecule has 10 heavy (non-hydrogen) atoms. The van der Waals surface area contributed by atoms with Crippen LogP contribution in [0.1, 0.15) is 0 Å². The van der Waals surface area contributed by atoms with E-state index < -0.39 is 0 Å². The highest BCUT2D eigenvalue weighted by atomic mass is 35.5. The number of hydrogen-bond acceptors (Lipinski definition) is 2. The second-order valence-electron chi connectivity index (χ2n) is 1.91. The van der Waals surface area contributed by atoms with Crippen molar-refractivity contribution in [3.05, 3.63) is 29.4 Å². The lowest BCUT2D eigenvalue weighted by atomic mass is 10.3. The summed E-state index contributed by atoms with van der Waals surface area (Å²) in [5, 5.41) is 4.87. The van der Waals surface area contributed by atoms with Crippen LogP contribution in [0.4, 0.5) is 0 Å². The van der Waals surface area contributed by atoms with Crippen molar-refractivity contribution in [2.45, 2.75) is 0 Å². The fourth-order valence-electron chi connectivity index (χ4n) is 0.807. The van der Waals surface area contributed by atoms with Crippen LogP contribution >= 0.6 is 11.6 Å². The van der Waals surface area contributed by atoms with Gasteiger partial charge in [-0.3, -0.25) is 0 Å². The molecular weight excluding hydrogens is 150 g/mol. The number of rotatable bonds is 0. The van der Waals surface area contributed by atoms with Crippen LogP contribution in [0.25, 0.3) is 11.0 Å². The number of benzene rings is 1. The average Bonchev–Trinajstić information content (AvgIpc) is 2.36. The molecular formula is C7H3ClNO. The average molecular weight is 153 g/mol. The van der Waals surface area contributed by atoms with Crippen LogP contribution in [-0.2, 0) is 0 Å². The topological polar surface area (TPSA) is 26.0 Å². The molecule has 2 nitrogen and oxygen atoms in total. The fraction of sp³-hybridized carbons (Fsp3) is 0. The maximum Gasteiger partial charge on any atom is 0.186 e. The lowest BCUT2D eigenvalue weighted by Crippen LogP contribution is -1.63. The van der Waals surface area contributed by atoms with Gasteiger partial charge >= 0.3 is 0 Å². The predicted molar refractivity (Wildman–Crippen MR) is 37.9 cm³/mol. The Hall–Kier alpha value is -1.02. The van der Waals surface area contributed by atoms with E-state index >= 15 is 0 Å². The summed E-state index contributed by atoms with van der Waals surface area (Å²) in [6.45, 7) is 0. The van der Waals surface area contributed by atoms with Crippen LogP contribution in [0.3, 0.4) is 0 Å². The maximum atomic E-state index is 5.74. The predicted octanol–water partition coefficient (Wildman–Crippen LogP) is 2.28. The van der Waals surface area contributed by atoms with Gasteiger partial charge in [-0.2, -0.15) is 0 Å². The molecule has 0 amide bonds. The summed E-state index contributed by atoms with van der Waals surface area (Å²) in [7, 11) is 0. The third-order valence-electron chi connectivity index (χ3n) is 1.27. The summed E-state index contributed by atoms with van der Waals surface area (Å²) in [5.41, 5.74) is 0.601. The molecule has 0 saturated heterocycles. The smallest absolute Gasteiger partial charge is 0.186 e. The quantitative estimate of drug-likeness (QED) is 0.579. The summed E-state index contributed by atoms with van der Waals surface area (Å²) in [5.74, 6) is 0. The van der Waals surface area contributed by atoms with E-state index in [2.05, 4.69) is 11.4 Å². The van der Waals surface area contributed by atoms with Crippen molar-refractivity contribution < 1.29 is 4.52 Å². The van der Waals surface area contributed by atoms with Crippen LogP contribution in [0.2, 0.25) is 5.02 Å². The number of aromatic nitrogens is 1. The van der Waals surface area contributed by atoms with Crippen LogP contribution in [0.5, 0.6) is 0 Å². The molecule has 49 valence electrons. The largest absolute Gasteiger partial charge is 0.354 e. The zero-order valence-electron chi connectivity index (χ0n) is 4.97. The second kappa shape index (κ2) is 1.99. The van der Waals surface area contributed by atoms with E-state index in [1.54, 1.807) is 6.07 Å². The van der Waals surface area contributed by atoms with Gasteiger partial charge in [-0.05, 0) is 12.1 Å². The first kappa shape index (κ1) is 5.74. The molecule has 0 bridgehead atoms. The van der Waals surface area contributed by atoms with Crippen molar-refractivity contribution in [1.82, 2.24) is 5.16 Å². The zero-order chi connectivity index (χ0) is 6.97. The Morgan fingerprint density at radius 3 is 3.20 bits per heavy atom. The van der Waals surface area contributed by atoms with E-state index in [0.717, 1.165) is 5.39 Å². The third-order valence-corrected chi connectivity index (χ3v) is 1.57. The zero-order valence-corrected chi connectivity index (χ0v) is 5.72. The monoisotopic (exact) mass is 152 g/mol. The van der Waals surface area contributed by atoms with Gasteiger partial charge in [0, 0.05) is 0 Å². The van der Waals surface area contributed by atoms with E-state index in [9.17, 15) is 0 Å². The van der Waals surface area contributed by atoms with E-state index in [-0.39, 0.29) is 0 Å². The molecule has 1 radical (unpaired) electrons. The Labute approximate surface area is 62.4 Å². The minimum Gasteiger partial charge on any atom is -0.354 e. The lowest BCUT2D eigenvalue weighted by molar-refractivity contribution is 0.455. The number of para-hydroxylation sites is 1. The molecule has 2 rings (SSSR count). The molecule has 2 aromatic rings. The Morgan fingerprint density at radius 2 is 2.40 bits per heavy atom. The summed E-state index contributed by atoms with van der Waals surface area (Å²) >= 11 is 5.74. The van der Waals surface area contributed by atoms with Crippen molar-refractivity contribution in [2.24, 2.45) is 0 Å². The Kier molecular flexibility index (Phi) is 1.14. The van der Waals surface area contributed by atoms with Gasteiger partial charge in [-0.25, -0.2) is 0 Å². The summed E-state index contributed by atoms with van der Waals surface area (Å²) < 4.78 is 4.81. The first-order valence-electron chi connectivity index (χ1n) is 2.79. The van der Waals surface area contributed by atoms with Crippen LogP contribution in [-0.4, -0.2) is 5.16 Å². The molecule has 0 N–H and O–H groups in total. The Bertz CT molecular complexity index is 355. The maximum absolute atomic E-state index is 5.74. The second-order valence-corrected chi connectivity index (χ2v) is 2.32. The van der Waals surface area contributed by atoms with Gasteiger partial charge in [0.2, 0.25) is 0 Å². The van der Waals surface area contributed by atoms with Crippen LogP contribution in [0, 0.1) is 6.20 Å². The summed E-state index contributed by atoms with van der Waals surface area (Å²) in [4.78, 5) is 0. The van der Waals surface area contributed by atoms with Gasteiger partial charge < -0.3 is 4.52 Å². The molecule has 1 aromatic carbocycles. The first-order chi connectivity index (χ1) is 4.88.